The van der Waals surface area contributed by atoms with E-state index in [-0.39, 0.29) is 22.8 Å². The van der Waals surface area contributed by atoms with Gasteiger partial charge in [-0.25, -0.2) is 17.9 Å². The number of carboxylic acids is 1. The number of carboxylic acid groups (broad SMARTS) is 1. The molecule has 1 aromatic rings. The molecule has 1 aromatic carbocycles. The van der Waals surface area contributed by atoms with Gasteiger partial charge >= 0.3 is 5.97 Å². The van der Waals surface area contributed by atoms with Gasteiger partial charge in [0, 0.05) is 6.54 Å². The number of aliphatic hydroxyl groups is 1. The van der Waals surface area contributed by atoms with Gasteiger partial charge in [0.05, 0.1) is 17.4 Å². The largest absolute Gasteiger partial charge is 0.478 e. The first-order chi connectivity index (χ1) is 13.5. The van der Waals surface area contributed by atoms with E-state index in [1.165, 1.54) is 0 Å². The van der Waals surface area contributed by atoms with Crippen molar-refractivity contribution in [3.8, 4) is 0 Å². The predicted octanol–water partition coefficient (Wildman–Crippen LogP) is 3.98. The molecule has 1 unspecified atom stereocenters. The minimum absolute atomic E-state index is 0.0784. The molecule has 0 saturated heterocycles. The summed E-state index contributed by atoms with van der Waals surface area (Å²) in [5.74, 6) is -0.878. The number of aryl methyl sites for hydroxylation is 1. The summed E-state index contributed by atoms with van der Waals surface area (Å²) in [5.41, 5.74) is 1.50. The number of rotatable bonds is 14. The Kier molecular flexibility index (Phi) is 10.9. The highest BCUT2D eigenvalue weighted by atomic mass is 32.2. The van der Waals surface area contributed by atoms with Gasteiger partial charge in [-0.3, -0.25) is 0 Å². The molecule has 0 aliphatic rings. The van der Waals surface area contributed by atoms with Crippen LogP contribution in [0.4, 0.5) is 0 Å². The van der Waals surface area contributed by atoms with Gasteiger partial charge in [-0.15, -0.1) is 0 Å². The third kappa shape index (κ3) is 12.7. The van der Waals surface area contributed by atoms with Crippen LogP contribution in [0.3, 0.4) is 0 Å². The van der Waals surface area contributed by atoms with Gasteiger partial charge in [-0.2, -0.15) is 0 Å². The van der Waals surface area contributed by atoms with Crippen LogP contribution in [-0.4, -0.2) is 43.0 Å². The fraction of sp³-hybridized carbons (Fsp3) is 0.682. The summed E-state index contributed by atoms with van der Waals surface area (Å²) in [4.78, 5) is 10.8. The second kappa shape index (κ2) is 12.3. The molecule has 29 heavy (non-hydrogen) atoms. The molecule has 0 spiro atoms. The third-order valence-electron chi connectivity index (χ3n) is 4.83. The molecule has 0 fully saturated rings. The van der Waals surface area contributed by atoms with Crippen molar-refractivity contribution in [2.45, 2.75) is 78.2 Å². The standard InChI is InChI=1S/C22H37NO5S/c1-22(2,3)15-6-10-20(24)9-4-5-17-29(27,28)23-16-7-8-18-11-13-19(14-12-18)21(25)26/h11-14,20,23-24H,4-10,15-17H2,1-3H3,(H,25,26). The molecule has 0 radical (unpaired) electrons. The first-order valence-electron chi connectivity index (χ1n) is 10.5. The number of aromatic carboxylic acids is 1. The monoisotopic (exact) mass is 427 g/mol. The first kappa shape index (κ1) is 25.6. The number of sulfonamides is 1. The van der Waals surface area contributed by atoms with E-state index in [2.05, 4.69) is 25.5 Å². The van der Waals surface area contributed by atoms with Crippen molar-refractivity contribution in [3.63, 3.8) is 0 Å². The molecule has 1 rings (SSSR count). The molecule has 0 heterocycles. The fourth-order valence-electron chi connectivity index (χ4n) is 3.09. The lowest BCUT2D eigenvalue weighted by atomic mass is 9.89. The van der Waals surface area contributed by atoms with Gasteiger partial charge in [-0.05, 0) is 68.1 Å². The van der Waals surface area contributed by atoms with Crippen LogP contribution in [-0.2, 0) is 16.4 Å². The molecule has 0 aromatic heterocycles. The van der Waals surface area contributed by atoms with Crippen LogP contribution >= 0.6 is 0 Å². The number of benzene rings is 1. The lowest BCUT2D eigenvalue weighted by Crippen LogP contribution is -2.27. The van der Waals surface area contributed by atoms with Crippen molar-refractivity contribution in [1.29, 1.82) is 0 Å². The van der Waals surface area contributed by atoms with Crippen molar-refractivity contribution >= 4 is 16.0 Å². The van der Waals surface area contributed by atoms with E-state index >= 15 is 0 Å². The van der Waals surface area contributed by atoms with Crippen LogP contribution in [0.15, 0.2) is 24.3 Å². The molecule has 0 aliphatic carbocycles. The third-order valence-corrected chi connectivity index (χ3v) is 6.30. The Morgan fingerprint density at radius 2 is 1.66 bits per heavy atom. The number of unbranched alkanes of at least 4 members (excludes halogenated alkanes) is 1. The number of hydrogen-bond acceptors (Lipinski definition) is 4. The SMILES string of the molecule is CC(C)(C)CCCC(O)CCCCS(=O)(=O)NCCCc1ccc(C(=O)O)cc1. The Balaban J connectivity index is 2.15. The number of aliphatic hydroxyl groups excluding tert-OH is 1. The molecule has 6 nitrogen and oxygen atoms in total. The van der Waals surface area contributed by atoms with Crippen LogP contribution in [0.5, 0.6) is 0 Å². The first-order valence-corrected chi connectivity index (χ1v) is 12.1. The predicted molar refractivity (Wildman–Crippen MR) is 117 cm³/mol. The Morgan fingerprint density at radius 1 is 1.03 bits per heavy atom. The summed E-state index contributed by atoms with van der Waals surface area (Å²) in [7, 11) is -3.30. The van der Waals surface area contributed by atoms with E-state index in [9.17, 15) is 18.3 Å². The van der Waals surface area contributed by atoms with Crippen molar-refractivity contribution < 1.29 is 23.4 Å². The smallest absolute Gasteiger partial charge is 0.335 e. The topological polar surface area (TPSA) is 104 Å². The van der Waals surface area contributed by atoms with Gasteiger partial charge in [0.2, 0.25) is 10.0 Å². The van der Waals surface area contributed by atoms with Gasteiger partial charge < -0.3 is 10.2 Å². The Morgan fingerprint density at radius 3 is 2.24 bits per heavy atom. The van der Waals surface area contributed by atoms with E-state index in [1.807, 2.05) is 0 Å². The zero-order chi connectivity index (χ0) is 21.9. The highest BCUT2D eigenvalue weighted by molar-refractivity contribution is 7.89. The maximum atomic E-state index is 12.0. The summed E-state index contributed by atoms with van der Waals surface area (Å²) in [5, 5.41) is 18.9. The molecule has 1 atom stereocenters. The summed E-state index contributed by atoms with van der Waals surface area (Å²) < 4.78 is 26.7. The minimum Gasteiger partial charge on any atom is -0.478 e. The summed E-state index contributed by atoms with van der Waals surface area (Å²) in [6, 6.07) is 6.62. The minimum atomic E-state index is -3.30. The molecule has 0 saturated carbocycles. The number of nitrogens with one attached hydrogen (secondary N) is 1. The zero-order valence-corrected chi connectivity index (χ0v) is 18.8. The van der Waals surface area contributed by atoms with E-state index in [1.54, 1.807) is 24.3 Å². The lowest BCUT2D eigenvalue weighted by Gasteiger charge is -2.19. The molecule has 0 bridgehead atoms. The highest BCUT2D eigenvalue weighted by Gasteiger charge is 2.13. The van der Waals surface area contributed by atoms with E-state index in [4.69, 9.17) is 5.11 Å². The summed E-state index contributed by atoms with van der Waals surface area (Å²) in [6.07, 6.45) is 5.72. The lowest BCUT2D eigenvalue weighted by molar-refractivity contribution is 0.0697. The average molecular weight is 428 g/mol. The van der Waals surface area contributed by atoms with Gasteiger partial charge in [0.15, 0.2) is 0 Å². The quantitative estimate of drug-likeness (QED) is 0.390. The summed E-state index contributed by atoms with van der Waals surface area (Å²) in [6.45, 7) is 6.92. The van der Waals surface area contributed by atoms with Crippen LogP contribution in [0.25, 0.3) is 0 Å². The van der Waals surface area contributed by atoms with Crippen molar-refractivity contribution in [3.05, 3.63) is 35.4 Å². The number of carbonyl (C=O) groups is 1. The van der Waals surface area contributed by atoms with Gasteiger partial charge in [0.25, 0.3) is 0 Å². The highest BCUT2D eigenvalue weighted by Crippen LogP contribution is 2.22. The van der Waals surface area contributed by atoms with Gasteiger partial charge in [-0.1, -0.05) is 39.3 Å². The van der Waals surface area contributed by atoms with Crippen molar-refractivity contribution in [2.75, 3.05) is 12.3 Å². The van der Waals surface area contributed by atoms with Crippen molar-refractivity contribution in [2.24, 2.45) is 5.41 Å². The van der Waals surface area contributed by atoms with Gasteiger partial charge in [0.1, 0.15) is 0 Å². The second-order valence-electron chi connectivity index (χ2n) is 8.92. The van der Waals surface area contributed by atoms with E-state index in [0.29, 0.717) is 38.6 Å². The summed E-state index contributed by atoms with van der Waals surface area (Å²) >= 11 is 0. The Bertz CT molecular complexity index is 708. The van der Waals surface area contributed by atoms with E-state index in [0.717, 1.165) is 24.8 Å². The molecular formula is C22H37NO5S. The molecule has 0 aliphatic heterocycles. The van der Waals surface area contributed by atoms with Crippen LogP contribution in [0.2, 0.25) is 0 Å². The molecule has 166 valence electrons. The van der Waals surface area contributed by atoms with Crippen molar-refractivity contribution in [1.82, 2.24) is 4.72 Å². The van der Waals surface area contributed by atoms with E-state index < -0.39 is 16.0 Å². The molecule has 7 heteroatoms. The Hall–Kier alpha value is -1.44. The average Bonchev–Trinajstić information content (AvgIpc) is 2.62. The van der Waals surface area contributed by atoms with Crippen LogP contribution in [0.1, 0.15) is 81.6 Å². The molecule has 0 amide bonds. The normalized spacial score (nSPS) is 13.4. The van der Waals surface area contributed by atoms with Crippen LogP contribution in [0, 0.1) is 5.41 Å². The zero-order valence-electron chi connectivity index (χ0n) is 18.0. The second-order valence-corrected chi connectivity index (χ2v) is 10.8. The molecule has 3 N–H and O–H groups in total. The fourth-order valence-corrected chi connectivity index (χ4v) is 4.27. The Labute approximate surface area is 175 Å². The maximum Gasteiger partial charge on any atom is 0.335 e. The van der Waals surface area contributed by atoms with Crippen LogP contribution < -0.4 is 4.72 Å². The number of hydrogen-bond donors (Lipinski definition) is 3. The molecular weight excluding hydrogens is 390 g/mol. The maximum absolute atomic E-state index is 12.0.